The fourth-order valence-electron chi connectivity index (χ4n) is 3.73. The van der Waals surface area contributed by atoms with Crippen LogP contribution < -0.4 is 10.6 Å². The zero-order chi connectivity index (χ0) is 23.5. The highest BCUT2D eigenvalue weighted by Crippen LogP contribution is 2.29. The number of hydrogen-bond donors (Lipinski definition) is 3. The van der Waals surface area contributed by atoms with Gasteiger partial charge in [0.1, 0.15) is 28.3 Å². The van der Waals surface area contributed by atoms with Crippen LogP contribution in [0, 0.1) is 12.7 Å². The summed E-state index contributed by atoms with van der Waals surface area (Å²) < 4.78 is 13.9. The maximum Gasteiger partial charge on any atom is 0.157 e. The van der Waals surface area contributed by atoms with Crippen molar-refractivity contribution in [1.29, 1.82) is 0 Å². The van der Waals surface area contributed by atoms with Crippen molar-refractivity contribution in [3.63, 3.8) is 0 Å². The van der Waals surface area contributed by atoms with Crippen LogP contribution in [0.15, 0.2) is 42.9 Å². The molecule has 0 fully saturated rings. The molecule has 5 aromatic rings. The van der Waals surface area contributed by atoms with Gasteiger partial charge in [-0.25, -0.2) is 24.3 Å². The van der Waals surface area contributed by atoms with Crippen molar-refractivity contribution >= 4 is 38.5 Å². The summed E-state index contributed by atoms with van der Waals surface area (Å²) in [7, 11) is 0. The summed E-state index contributed by atoms with van der Waals surface area (Å²) in [6.45, 7) is 6.04. The number of thiazole rings is 1. The SMILES string of the molecule is Cc1ccc2nc(CCNCC(C)c3nc4c(NCc5ncccc5F)ncnc4s3)[nH]c2c1. The highest BCUT2D eigenvalue weighted by Gasteiger charge is 2.16. The van der Waals surface area contributed by atoms with Gasteiger partial charge in [0.2, 0.25) is 0 Å². The van der Waals surface area contributed by atoms with E-state index in [-0.39, 0.29) is 18.3 Å². The van der Waals surface area contributed by atoms with Gasteiger partial charge in [-0.15, -0.1) is 0 Å². The van der Waals surface area contributed by atoms with Crippen molar-refractivity contribution in [2.75, 3.05) is 18.4 Å². The molecule has 0 saturated heterocycles. The number of rotatable bonds is 9. The Morgan fingerprint density at radius 2 is 2.06 bits per heavy atom. The van der Waals surface area contributed by atoms with E-state index in [2.05, 4.69) is 61.5 Å². The van der Waals surface area contributed by atoms with E-state index < -0.39 is 0 Å². The summed E-state index contributed by atoms with van der Waals surface area (Å²) in [4.78, 5) is 26.4. The molecule has 5 rings (SSSR count). The number of H-pyrrole nitrogens is 1. The normalized spacial score (nSPS) is 12.4. The van der Waals surface area contributed by atoms with Gasteiger partial charge in [-0.05, 0) is 36.8 Å². The Labute approximate surface area is 200 Å². The topological polar surface area (TPSA) is 104 Å². The first-order valence-electron chi connectivity index (χ1n) is 11.2. The number of nitrogens with one attached hydrogen (secondary N) is 3. The van der Waals surface area contributed by atoms with E-state index in [0.717, 1.165) is 46.2 Å². The van der Waals surface area contributed by atoms with Crippen molar-refractivity contribution in [2.45, 2.75) is 32.7 Å². The minimum absolute atomic E-state index is 0.207. The van der Waals surface area contributed by atoms with Gasteiger partial charge in [-0.2, -0.15) is 0 Å². The number of imidazole rings is 1. The van der Waals surface area contributed by atoms with Gasteiger partial charge >= 0.3 is 0 Å². The Bertz CT molecular complexity index is 1430. The third-order valence-electron chi connectivity index (χ3n) is 5.57. The fraction of sp³-hybridized carbons (Fsp3) is 0.292. The van der Waals surface area contributed by atoms with Gasteiger partial charge in [-0.3, -0.25) is 4.98 Å². The minimum atomic E-state index is -0.350. The summed E-state index contributed by atoms with van der Waals surface area (Å²) in [5.41, 5.74) is 4.33. The summed E-state index contributed by atoms with van der Waals surface area (Å²) in [6, 6.07) is 9.21. The van der Waals surface area contributed by atoms with Crippen LogP contribution >= 0.6 is 11.3 Å². The monoisotopic (exact) mass is 476 g/mol. The lowest BCUT2D eigenvalue weighted by molar-refractivity contribution is 0.602. The maximum atomic E-state index is 13.9. The van der Waals surface area contributed by atoms with Crippen LogP contribution in [0.3, 0.4) is 0 Å². The molecule has 34 heavy (non-hydrogen) atoms. The summed E-state index contributed by atoms with van der Waals surface area (Å²) >= 11 is 1.55. The Morgan fingerprint density at radius 3 is 2.94 bits per heavy atom. The lowest BCUT2D eigenvalue weighted by Gasteiger charge is -2.09. The van der Waals surface area contributed by atoms with Gasteiger partial charge in [0.05, 0.1) is 28.3 Å². The van der Waals surface area contributed by atoms with Crippen LogP contribution in [0.4, 0.5) is 10.2 Å². The molecule has 3 N–H and O–H groups in total. The summed E-state index contributed by atoms with van der Waals surface area (Å²) in [5.74, 6) is 1.42. The van der Waals surface area contributed by atoms with E-state index in [0.29, 0.717) is 17.0 Å². The van der Waals surface area contributed by atoms with E-state index >= 15 is 0 Å². The lowest BCUT2D eigenvalue weighted by atomic mass is 10.2. The molecule has 1 unspecified atom stereocenters. The Kier molecular flexibility index (Phi) is 6.41. The second-order valence-corrected chi connectivity index (χ2v) is 9.28. The largest absolute Gasteiger partial charge is 0.362 e. The zero-order valence-corrected chi connectivity index (χ0v) is 19.8. The molecule has 0 spiro atoms. The fourth-order valence-corrected chi connectivity index (χ4v) is 4.69. The third-order valence-corrected chi connectivity index (χ3v) is 6.76. The first-order valence-corrected chi connectivity index (χ1v) is 12.0. The lowest BCUT2D eigenvalue weighted by Crippen LogP contribution is -2.22. The van der Waals surface area contributed by atoms with Crippen LogP contribution in [0.5, 0.6) is 0 Å². The summed E-state index contributed by atoms with van der Waals surface area (Å²) in [5, 5.41) is 7.63. The number of fused-ring (bicyclic) bond motifs is 2. The standard InChI is InChI=1S/C24H25FN8S/c1-14-5-6-17-18(10-14)32-20(31-17)7-9-26-11-15(2)23-33-21-22(29-13-30-24(21)34-23)28-12-19-16(25)4-3-8-27-19/h3-6,8,10,13,15,26H,7,9,11-12H2,1-2H3,(H,31,32)(H,28,29,30). The molecule has 1 atom stereocenters. The van der Waals surface area contributed by atoms with E-state index in [1.165, 1.54) is 18.0 Å². The highest BCUT2D eigenvalue weighted by molar-refractivity contribution is 7.18. The average Bonchev–Trinajstić information content (AvgIpc) is 3.45. The van der Waals surface area contributed by atoms with Crippen molar-refractivity contribution in [1.82, 2.24) is 35.2 Å². The Balaban J connectivity index is 1.19. The van der Waals surface area contributed by atoms with Crippen LogP contribution in [0.1, 0.15) is 34.9 Å². The second kappa shape index (κ2) is 9.78. The zero-order valence-electron chi connectivity index (χ0n) is 19.0. The van der Waals surface area contributed by atoms with Gasteiger partial charge in [0.25, 0.3) is 0 Å². The van der Waals surface area contributed by atoms with Crippen molar-refractivity contribution in [3.8, 4) is 0 Å². The molecule has 4 heterocycles. The number of aromatic amines is 1. The number of aromatic nitrogens is 6. The number of anilines is 1. The van der Waals surface area contributed by atoms with Crippen LogP contribution in [0.2, 0.25) is 0 Å². The number of benzene rings is 1. The molecular formula is C24H25FN8S. The molecular weight excluding hydrogens is 451 g/mol. The van der Waals surface area contributed by atoms with Crippen molar-refractivity contribution in [3.05, 3.63) is 70.8 Å². The molecule has 0 aliphatic rings. The van der Waals surface area contributed by atoms with Crippen molar-refractivity contribution < 1.29 is 4.39 Å². The maximum absolute atomic E-state index is 13.9. The Morgan fingerprint density at radius 1 is 1.15 bits per heavy atom. The van der Waals surface area contributed by atoms with E-state index in [4.69, 9.17) is 4.98 Å². The van der Waals surface area contributed by atoms with Gasteiger partial charge in [0.15, 0.2) is 5.82 Å². The summed E-state index contributed by atoms with van der Waals surface area (Å²) in [6.07, 6.45) is 3.89. The number of nitrogens with zero attached hydrogens (tertiary/aromatic N) is 5. The predicted molar refractivity (Wildman–Crippen MR) is 133 cm³/mol. The molecule has 4 aromatic heterocycles. The van der Waals surface area contributed by atoms with Gasteiger partial charge in [0, 0.05) is 31.6 Å². The average molecular weight is 477 g/mol. The van der Waals surface area contributed by atoms with Crippen LogP contribution in [-0.4, -0.2) is 43.0 Å². The Hall–Kier alpha value is -3.50. The number of hydrogen-bond acceptors (Lipinski definition) is 8. The smallest absolute Gasteiger partial charge is 0.157 e. The number of aryl methyl sites for hydroxylation is 1. The van der Waals surface area contributed by atoms with Gasteiger partial charge < -0.3 is 15.6 Å². The number of pyridine rings is 1. The molecule has 174 valence electrons. The molecule has 8 nitrogen and oxygen atoms in total. The predicted octanol–water partition coefficient (Wildman–Crippen LogP) is 4.35. The van der Waals surface area contributed by atoms with Gasteiger partial charge in [-0.1, -0.05) is 24.3 Å². The first-order chi connectivity index (χ1) is 16.6. The molecule has 0 amide bonds. The molecule has 0 aliphatic carbocycles. The van der Waals surface area contributed by atoms with Crippen molar-refractivity contribution in [2.24, 2.45) is 0 Å². The molecule has 1 aromatic carbocycles. The molecule has 10 heteroatoms. The van der Waals surface area contributed by atoms with Crippen LogP contribution in [-0.2, 0) is 13.0 Å². The third kappa shape index (κ3) is 4.87. The van der Waals surface area contributed by atoms with E-state index in [1.807, 2.05) is 6.07 Å². The minimum Gasteiger partial charge on any atom is -0.362 e. The molecule has 0 aliphatic heterocycles. The number of halogens is 1. The second-order valence-electron chi connectivity index (χ2n) is 8.27. The molecule has 0 radical (unpaired) electrons. The first kappa shape index (κ1) is 22.3. The van der Waals surface area contributed by atoms with E-state index in [9.17, 15) is 4.39 Å². The van der Waals surface area contributed by atoms with E-state index in [1.54, 1.807) is 23.6 Å². The molecule has 0 saturated carbocycles. The van der Waals surface area contributed by atoms with Crippen LogP contribution in [0.25, 0.3) is 21.4 Å². The molecule has 0 bridgehead atoms. The highest BCUT2D eigenvalue weighted by atomic mass is 32.1. The quantitative estimate of drug-likeness (QED) is 0.272.